The molecular formula is C18H17ClF3N5O3S. The lowest BCUT2D eigenvalue weighted by atomic mass is 10.1. The second-order valence-electron chi connectivity index (χ2n) is 7.15. The van der Waals surface area contributed by atoms with Crippen LogP contribution in [-0.4, -0.2) is 73.4 Å². The van der Waals surface area contributed by atoms with Crippen LogP contribution in [0.3, 0.4) is 0 Å². The van der Waals surface area contributed by atoms with Gasteiger partial charge >= 0.3 is 6.18 Å². The van der Waals surface area contributed by atoms with Gasteiger partial charge in [-0.2, -0.15) is 13.2 Å². The van der Waals surface area contributed by atoms with Gasteiger partial charge in [0.05, 0.1) is 21.9 Å². The fourth-order valence-electron chi connectivity index (χ4n) is 3.45. The van der Waals surface area contributed by atoms with E-state index >= 15 is 0 Å². The maximum absolute atomic E-state index is 12.9. The number of rotatable bonds is 2. The highest BCUT2D eigenvalue weighted by Crippen LogP contribution is 2.33. The summed E-state index contributed by atoms with van der Waals surface area (Å²) in [5.74, 6) is 0.168. The Balaban J connectivity index is 1.41. The smallest absolute Gasteiger partial charge is 0.352 e. The van der Waals surface area contributed by atoms with Crippen molar-refractivity contribution in [3.8, 4) is 0 Å². The van der Waals surface area contributed by atoms with Crippen molar-refractivity contribution in [1.82, 2.24) is 14.8 Å². The molecule has 4 rings (SSSR count). The Labute approximate surface area is 181 Å². The molecule has 0 radical (unpaired) electrons. The second-order valence-corrected chi connectivity index (χ2v) is 9.31. The van der Waals surface area contributed by atoms with Gasteiger partial charge in [0.25, 0.3) is 15.9 Å². The number of carbonyl (C=O) groups excluding carboxylic acids is 1. The first-order chi connectivity index (χ1) is 14.5. The molecule has 0 bridgehead atoms. The standard InChI is InChI=1S/C18H17ClF3N5O3S/c19-14-9-13(18(20,21)22)10-23-16(14)25-3-5-26(6-4-25)17(28)12-1-2-15-24-31(29,30)8-7-27(15)11-12/h1-2,9-11H,3-8H2. The van der Waals surface area contributed by atoms with Crippen LogP contribution in [0, 0.1) is 0 Å². The fraction of sp³-hybridized carbons (Fsp3) is 0.389. The van der Waals surface area contributed by atoms with Gasteiger partial charge in [-0.15, -0.1) is 4.40 Å². The van der Waals surface area contributed by atoms with Crippen LogP contribution in [-0.2, 0) is 21.0 Å². The molecule has 4 heterocycles. The molecule has 0 N–H and O–H groups in total. The molecule has 31 heavy (non-hydrogen) atoms. The van der Waals surface area contributed by atoms with E-state index in [-0.39, 0.29) is 34.9 Å². The third-order valence-corrected chi connectivity index (χ3v) is 6.53. The minimum absolute atomic E-state index is 0.0978. The highest BCUT2D eigenvalue weighted by atomic mass is 35.5. The largest absolute Gasteiger partial charge is 0.417 e. The lowest BCUT2D eigenvalue weighted by Gasteiger charge is -2.36. The molecule has 0 aliphatic carbocycles. The molecule has 166 valence electrons. The Bertz CT molecular complexity index is 1110. The summed E-state index contributed by atoms with van der Waals surface area (Å²) in [4.78, 5) is 21.7. The van der Waals surface area contributed by atoms with Gasteiger partial charge in [-0.1, -0.05) is 11.6 Å². The molecule has 8 nitrogen and oxygen atoms in total. The lowest BCUT2D eigenvalue weighted by Crippen LogP contribution is -2.50. The second kappa shape index (κ2) is 7.83. The zero-order chi connectivity index (χ0) is 22.4. The van der Waals surface area contributed by atoms with Crippen LogP contribution in [0.5, 0.6) is 0 Å². The van der Waals surface area contributed by atoms with Crippen molar-refractivity contribution >= 4 is 39.2 Å². The van der Waals surface area contributed by atoms with Crippen LogP contribution >= 0.6 is 11.6 Å². The maximum atomic E-state index is 12.9. The summed E-state index contributed by atoms with van der Waals surface area (Å²) in [6.07, 6.45) is 0.820. The van der Waals surface area contributed by atoms with Crippen LogP contribution in [0.1, 0.15) is 5.56 Å². The van der Waals surface area contributed by atoms with E-state index in [9.17, 15) is 26.4 Å². The zero-order valence-corrected chi connectivity index (χ0v) is 17.6. The van der Waals surface area contributed by atoms with Crippen molar-refractivity contribution in [3.05, 3.63) is 46.8 Å². The van der Waals surface area contributed by atoms with Crippen LogP contribution in [0.2, 0.25) is 5.02 Å². The van der Waals surface area contributed by atoms with Crippen molar-refractivity contribution in [1.29, 1.82) is 0 Å². The van der Waals surface area contributed by atoms with E-state index in [4.69, 9.17) is 11.6 Å². The molecule has 0 unspecified atom stereocenters. The van der Waals surface area contributed by atoms with Gasteiger partial charge < -0.3 is 14.7 Å². The molecule has 1 amide bonds. The predicted octanol–water partition coefficient (Wildman–Crippen LogP) is 1.90. The SMILES string of the molecule is O=C(C1=CN2CCS(=O)(=O)N=C2C=C1)N1CCN(c2ncc(C(F)(F)F)cc2Cl)CC1. The first kappa shape index (κ1) is 21.6. The van der Waals surface area contributed by atoms with Crippen molar-refractivity contribution in [2.75, 3.05) is 43.4 Å². The van der Waals surface area contributed by atoms with Crippen LogP contribution in [0.25, 0.3) is 0 Å². The summed E-state index contributed by atoms with van der Waals surface area (Å²) >= 11 is 6.01. The number of piperazine rings is 1. The Morgan fingerprint density at radius 2 is 1.81 bits per heavy atom. The van der Waals surface area contributed by atoms with E-state index in [0.29, 0.717) is 31.8 Å². The van der Waals surface area contributed by atoms with E-state index in [1.54, 1.807) is 20.9 Å². The minimum atomic E-state index is -4.52. The number of sulfonamides is 1. The number of hydrogen-bond acceptors (Lipinski definition) is 6. The van der Waals surface area contributed by atoms with Gasteiger partial charge in [-0.25, -0.2) is 13.4 Å². The van der Waals surface area contributed by atoms with Gasteiger partial charge in [-0.05, 0) is 18.2 Å². The van der Waals surface area contributed by atoms with E-state index in [1.807, 2.05) is 0 Å². The highest BCUT2D eigenvalue weighted by Gasteiger charge is 2.33. The minimum Gasteiger partial charge on any atom is -0.352 e. The molecule has 3 aliphatic heterocycles. The first-order valence-corrected chi connectivity index (χ1v) is 11.3. The predicted molar refractivity (Wildman–Crippen MR) is 108 cm³/mol. The van der Waals surface area contributed by atoms with Gasteiger partial charge in [-0.3, -0.25) is 4.79 Å². The molecule has 1 aromatic rings. The van der Waals surface area contributed by atoms with E-state index in [2.05, 4.69) is 9.38 Å². The molecule has 1 aromatic heterocycles. The maximum Gasteiger partial charge on any atom is 0.417 e. The number of anilines is 1. The summed E-state index contributed by atoms with van der Waals surface area (Å²) in [7, 11) is -3.47. The van der Waals surface area contributed by atoms with E-state index < -0.39 is 21.8 Å². The number of nitrogens with zero attached hydrogens (tertiary/aromatic N) is 5. The Morgan fingerprint density at radius 1 is 1.10 bits per heavy atom. The molecule has 0 saturated carbocycles. The number of hydrogen-bond donors (Lipinski definition) is 0. The molecule has 1 saturated heterocycles. The average Bonchev–Trinajstić information content (AvgIpc) is 2.72. The molecule has 3 aliphatic rings. The van der Waals surface area contributed by atoms with Crippen LogP contribution < -0.4 is 4.90 Å². The number of amidine groups is 1. The van der Waals surface area contributed by atoms with Crippen LogP contribution in [0.15, 0.2) is 40.6 Å². The summed E-state index contributed by atoms with van der Waals surface area (Å²) in [5, 5.41) is -0.0978. The summed E-state index contributed by atoms with van der Waals surface area (Å²) in [6.45, 7) is 1.59. The van der Waals surface area contributed by atoms with Gasteiger partial charge in [0, 0.05) is 45.1 Å². The number of pyridine rings is 1. The number of amides is 1. The molecule has 13 heteroatoms. The third kappa shape index (κ3) is 4.54. The number of aromatic nitrogens is 1. The third-order valence-electron chi connectivity index (χ3n) is 5.09. The number of fused-ring (bicyclic) bond motifs is 1. The van der Waals surface area contributed by atoms with Crippen molar-refractivity contribution in [2.24, 2.45) is 4.40 Å². The van der Waals surface area contributed by atoms with Crippen molar-refractivity contribution in [3.63, 3.8) is 0 Å². The Morgan fingerprint density at radius 3 is 2.45 bits per heavy atom. The quantitative estimate of drug-likeness (QED) is 0.649. The zero-order valence-electron chi connectivity index (χ0n) is 16.0. The van der Waals surface area contributed by atoms with Crippen molar-refractivity contribution < 1.29 is 26.4 Å². The van der Waals surface area contributed by atoms with Crippen molar-refractivity contribution in [2.45, 2.75) is 6.18 Å². The van der Waals surface area contributed by atoms with E-state index in [1.165, 1.54) is 12.2 Å². The molecule has 0 aromatic carbocycles. The first-order valence-electron chi connectivity index (χ1n) is 9.30. The Hall–Kier alpha value is -2.60. The summed E-state index contributed by atoms with van der Waals surface area (Å²) in [6, 6.07) is 0.844. The highest BCUT2D eigenvalue weighted by molar-refractivity contribution is 7.90. The monoisotopic (exact) mass is 475 g/mol. The topological polar surface area (TPSA) is 86.2 Å². The number of halogens is 4. The Kier molecular flexibility index (Phi) is 5.46. The average molecular weight is 476 g/mol. The normalized spacial score (nSPS) is 20.8. The molecular weight excluding hydrogens is 459 g/mol. The fourth-order valence-corrected chi connectivity index (χ4v) is 4.71. The van der Waals surface area contributed by atoms with Crippen LogP contribution in [0.4, 0.5) is 19.0 Å². The van der Waals surface area contributed by atoms with Gasteiger partial charge in [0.2, 0.25) is 0 Å². The van der Waals surface area contributed by atoms with E-state index in [0.717, 1.165) is 12.3 Å². The summed E-state index contributed by atoms with van der Waals surface area (Å²) in [5.41, 5.74) is -0.517. The number of carbonyl (C=O) groups is 1. The molecule has 0 spiro atoms. The van der Waals surface area contributed by atoms with Gasteiger partial charge in [0.1, 0.15) is 11.7 Å². The molecule has 1 fully saturated rings. The lowest BCUT2D eigenvalue weighted by molar-refractivity contribution is -0.137. The molecule has 0 atom stereocenters. The summed E-state index contributed by atoms with van der Waals surface area (Å²) < 4.78 is 65.2. The van der Waals surface area contributed by atoms with Gasteiger partial charge in [0.15, 0.2) is 0 Å². The number of alkyl halides is 3.